The van der Waals surface area contributed by atoms with Gasteiger partial charge in [0.2, 0.25) is 0 Å². The lowest BCUT2D eigenvalue weighted by molar-refractivity contribution is 0.107. The van der Waals surface area contributed by atoms with Crippen molar-refractivity contribution in [1.29, 1.82) is 0 Å². The third-order valence-corrected chi connectivity index (χ3v) is 6.64. The molecule has 0 unspecified atom stereocenters. The highest BCUT2D eigenvalue weighted by Crippen LogP contribution is 2.31. The molecule has 1 rings (SSSR count). The Labute approximate surface area is 108 Å². The fourth-order valence-electron chi connectivity index (χ4n) is 2.02. The Balaban J connectivity index is 2.58. The van der Waals surface area contributed by atoms with Gasteiger partial charge in [-0.1, -0.05) is 19.1 Å². The maximum atomic E-state index is 6.17. The highest BCUT2D eigenvalue weighted by Gasteiger charge is 2.36. The van der Waals surface area contributed by atoms with E-state index >= 15 is 0 Å². The van der Waals surface area contributed by atoms with Crippen LogP contribution in [0.3, 0.4) is 0 Å². The molecule has 0 aromatic heterocycles. The molecule has 0 aromatic rings. The van der Waals surface area contributed by atoms with Crippen LogP contribution in [-0.2, 0) is 8.85 Å². The van der Waals surface area contributed by atoms with Gasteiger partial charge < -0.3 is 8.85 Å². The van der Waals surface area contributed by atoms with Crippen molar-refractivity contribution < 1.29 is 8.85 Å². The van der Waals surface area contributed by atoms with Gasteiger partial charge in [-0.3, -0.25) is 0 Å². The quantitative estimate of drug-likeness (QED) is 0.477. The summed E-state index contributed by atoms with van der Waals surface area (Å²) < 4.78 is 12.3. The van der Waals surface area contributed by atoms with Gasteiger partial charge in [-0.15, -0.1) is 0 Å². The van der Waals surface area contributed by atoms with Gasteiger partial charge in [0.25, 0.3) is 0 Å². The highest BCUT2D eigenvalue weighted by molar-refractivity contribution is 6.67. The first-order valence-corrected chi connectivity index (χ1v) is 9.23. The van der Waals surface area contributed by atoms with Gasteiger partial charge in [0.05, 0.1) is 0 Å². The summed E-state index contributed by atoms with van der Waals surface area (Å²) in [6.45, 7) is 10.6. The second-order valence-electron chi connectivity index (χ2n) is 5.57. The summed E-state index contributed by atoms with van der Waals surface area (Å²) in [5.74, 6) is 0.844. The molecule has 1 saturated carbocycles. The van der Waals surface area contributed by atoms with E-state index in [0.29, 0.717) is 0 Å². The summed E-state index contributed by atoms with van der Waals surface area (Å²) in [6.07, 6.45) is 7.91. The van der Waals surface area contributed by atoms with Crippen LogP contribution in [0.25, 0.3) is 0 Å². The van der Waals surface area contributed by atoms with E-state index in [1.165, 1.54) is 12.8 Å². The molecule has 0 radical (unpaired) electrons. The summed E-state index contributed by atoms with van der Waals surface area (Å²) in [7, 11) is -2.02. The molecule has 0 amide bonds. The fraction of sp³-hybridized carbons (Fsp3) is 0.857. The summed E-state index contributed by atoms with van der Waals surface area (Å²) in [4.78, 5) is 0. The predicted octanol–water partition coefficient (Wildman–Crippen LogP) is 4.26. The SMILES string of the molecule is CC[Si](CC=CC1CC1)(OC(C)C)OC(C)C. The van der Waals surface area contributed by atoms with E-state index in [0.717, 1.165) is 18.0 Å². The third kappa shape index (κ3) is 5.84. The van der Waals surface area contributed by atoms with Crippen molar-refractivity contribution >= 4 is 8.56 Å². The van der Waals surface area contributed by atoms with E-state index in [9.17, 15) is 0 Å². The molecule has 1 aliphatic carbocycles. The van der Waals surface area contributed by atoms with Crippen molar-refractivity contribution in [3.05, 3.63) is 12.2 Å². The molecule has 0 bridgehead atoms. The maximum absolute atomic E-state index is 6.17. The molecule has 0 aromatic carbocycles. The van der Waals surface area contributed by atoms with Crippen molar-refractivity contribution in [2.75, 3.05) is 0 Å². The Bertz CT molecular complexity index is 235. The predicted molar refractivity (Wildman–Crippen MR) is 75.3 cm³/mol. The zero-order valence-corrected chi connectivity index (χ0v) is 13.0. The minimum atomic E-state index is -2.02. The summed E-state index contributed by atoms with van der Waals surface area (Å²) in [5, 5.41) is 0. The van der Waals surface area contributed by atoms with Crippen molar-refractivity contribution in [2.45, 2.75) is 71.8 Å². The Morgan fingerprint density at radius 2 is 1.65 bits per heavy atom. The molecule has 0 spiro atoms. The minimum absolute atomic E-state index is 0.259. The molecule has 1 fully saturated rings. The molecular formula is C14H28O2Si. The van der Waals surface area contributed by atoms with Gasteiger partial charge in [-0.25, -0.2) is 0 Å². The first-order valence-electron chi connectivity index (χ1n) is 6.99. The van der Waals surface area contributed by atoms with E-state index in [2.05, 4.69) is 46.8 Å². The van der Waals surface area contributed by atoms with E-state index in [1.54, 1.807) is 0 Å². The molecule has 0 heterocycles. The number of allylic oxidation sites excluding steroid dienone is 2. The molecule has 3 heteroatoms. The van der Waals surface area contributed by atoms with Crippen LogP contribution >= 0.6 is 0 Å². The molecule has 2 nitrogen and oxygen atoms in total. The van der Waals surface area contributed by atoms with Crippen LogP contribution in [0.5, 0.6) is 0 Å². The van der Waals surface area contributed by atoms with E-state index in [4.69, 9.17) is 8.85 Å². The Morgan fingerprint density at radius 3 is 2.00 bits per heavy atom. The molecule has 0 atom stereocenters. The lowest BCUT2D eigenvalue weighted by atomic mass is 10.4. The van der Waals surface area contributed by atoms with Crippen LogP contribution in [0.2, 0.25) is 12.1 Å². The molecule has 17 heavy (non-hydrogen) atoms. The molecule has 0 saturated heterocycles. The average molecular weight is 256 g/mol. The smallest absolute Gasteiger partial charge is 0.342 e. The van der Waals surface area contributed by atoms with Gasteiger partial charge in [-0.2, -0.15) is 0 Å². The molecule has 0 N–H and O–H groups in total. The van der Waals surface area contributed by atoms with Crippen molar-refractivity contribution in [2.24, 2.45) is 5.92 Å². The molecule has 100 valence electrons. The van der Waals surface area contributed by atoms with Gasteiger partial charge in [0.15, 0.2) is 0 Å². The van der Waals surface area contributed by atoms with Crippen molar-refractivity contribution in [3.8, 4) is 0 Å². The Hall–Kier alpha value is -0.123. The van der Waals surface area contributed by atoms with E-state index in [1.807, 2.05) is 0 Å². The number of rotatable bonds is 8. The van der Waals surface area contributed by atoms with Gasteiger partial charge in [0.1, 0.15) is 0 Å². The van der Waals surface area contributed by atoms with Crippen LogP contribution in [-0.4, -0.2) is 20.8 Å². The monoisotopic (exact) mass is 256 g/mol. The van der Waals surface area contributed by atoms with E-state index < -0.39 is 8.56 Å². The Kier molecular flexibility index (Phi) is 5.90. The largest absolute Gasteiger partial charge is 0.392 e. The minimum Gasteiger partial charge on any atom is -0.392 e. The van der Waals surface area contributed by atoms with Crippen LogP contribution in [0.4, 0.5) is 0 Å². The van der Waals surface area contributed by atoms with Gasteiger partial charge in [-0.05, 0) is 52.5 Å². The zero-order chi connectivity index (χ0) is 12.9. The topological polar surface area (TPSA) is 18.5 Å². The lowest BCUT2D eigenvalue weighted by Crippen LogP contribution is -2.44. The summed E-state index contributed by atoms with van der Waals surface area (Å²) in [5.41, 5.74) is 0. The summed E-state index contributed by atoms with van der Waals surface area (Å²) in [6, 6.07) is 2.02. The summed E-state index contributed by atoms with van der Waals surface area (Å²) >= 11 is 0. The highest BCUT2D eigenvalue weighted by atomic mass is 28.4. The van der Waals surface area contributed by atoms with Crippen LogP contribution in [0, 0.1) is 5.92 Å². The fourth-order valence-corrected chi connectivity index (χ4v) is 5.11. The van der Waals surface area contributed by atoms with Crippen LogP contribution in [0.15, 0.2) is 12.2 Å². The first kappa shape index (κ1) is 14.9. The van der Waals surface area contributed by atoms with Crippen LogP contribution < -0.4 is 0 Å². The second kappa shape index (κ2) is 6.71. The zero-order valence-electron chi connectivity index (χ0n) is 12.0. The standard InChI is InChI=1S/C14H28O2Si/c1-6-17(15-12(2)3,16-13(4)5)11-7-8-14-9-10-14/h7-8,12-14H,6,9-11H2,1-5H3. The van der Waals surface area contributed by atoms with Crippen molar-refractivity contribution in [1.82, 2.24) is 0 Å². The molecular weight excluding hydrogens is 228 g/mol. The van der Waals surface area contributed by atoms with Crippen LogP contribution in [0.1, 0.15) is 47.5 Å². The van der Waals surface area contributed by atoms with Gasteiger partial charge >= 0.3 is 8.56 Å². The van der Waals surface area contributed by atoms with E-state index in [-0.39, 0.29) is 12.2 Å². The molecule has 0 aliphatic heterocycles. The Morgan fingerprint density at radius 1 is 1.12 bits per heavy atom. The maximum Gasteiger partial charge on any atom is 0.342 e. The number of hydrogen-bond acceptors (Lipinski definition) is 2. The average Bonchev–Trinajstić information content (AvgIpc) is 2.99. The third-order valence-electron chi connectivity index (χ3n) is 2.90. The second-order valence-corrected chi connectivity index (χ2v) is 8.98. The van der Waals surface area contributed by atoms with Crippen molar-refractivity contribution in [3.63, 3.8) is 0 Å². The van der Waals surface area contributed by atoms with Gasteiger partial charge in [0, 0.05) is 18.3 Å². The lowest BCUT2D eigenvalue weighted by Gasteiger charge is -2.32. The first-order chi connectivity index (χ1) is 7.97. The normalized spacial score (nSPS) is 17.6. The molecule has 1 aliphatic rings. The number of hydrogen-bond donors (Lipinski definition) is 0.